The lowest BCUT2D eigenvalue weighted by molar-refractivity contribution is 0.104. The van der Waals surface area contributed by atoms with E-state index in [4.69, 9.17) is 11.6 Å². The van der Waals surface area contributed by atoms with Crippen LogP contribution in [0, 0.1) is 13.5 Å². The molecule has 26 heavy (non-hydrogen) atoms. The first-order valence-electron chi connectivity index (χ1n) is 8.53. The molecule has 0 atom stereocenters. The van der Waals surface area contributed by atoms with E-state index in [0.717, 1.165) is 40.5 Å². The van der Waals surface area contributed by atoms with Gasteiger partial charge in [-0.3, -0.25) is 4.79 Å². The SMILES string of the molecule is Cc1ccccc1C(=O)c1cnc(N[CH]CCCc2ccccc2Cl)s1. The predicted molar refractivity (Wildman–Crippen MR) is 109 cm³/mol. The number of benzene rings is 2. The number of anilines is 1. The Morgan fingerprint density at radius 2 is 1.96 bits per heavy atom. The van der Waals surface area contributed by atoms with E-state index in [9.17, 15) is 4.79 Å². The van der Waals surface area contributed by atoms with Gasteiger partial charge in [-0.2, -0.15) is 0 Å². The summed E-state index contributed by atoms with van der Waals surface area (Å²) >= 11 is 7.54. The normalized spacial score (nSPS) is 10.7. The molecule has 0 fully saturated rings. The quantitative estimate of drug-likeness (QED) is 0.387. The first kappa shape index (κ1) is 18.6. The van der Waals surface area contributed by atoms with Crippen LogP contribution in [0.4, 0.5) is 5.13 Å². The Morgan fingerprint density at radius 3 is 2.77 bits per heavy atom. The standard InChI is InChI=1S/C21H20ClN2OS/c1-15-8-2-4-11-17(15)20(25)19-14-24-21(26-19)23-13-7-6-10-16-9-3-5-12-18(16)22/h2-5,8-9,11-14H,6-7,10H2,1H3,(H,23,24). The van der Waals surface area contributed by atoms with E-state index >= 15 is 0 Å². The molecular formula is C21H20ClN2OS. The van der Waals surface area contributed by atoms with E-state index < -0.39 is 0 Å². The van der Waals surface area contributed by atoms with Crippen LogP contribution >= 0.6 is 22.9 Å². The van der Waals surface area contributed by atoms with Gasteiger partial charge in [0.1, 0.15) is 0 Å². The van der Waals surface area contributed by atoms with Crippen LogP contribution in [0.5, 0.6) is 0 Å². The summed E-state index contributed by atoms with van der Waals surface area (Å²) in [4.78, 5) is 17.5. The van der Waals surface area contributed by atoms with Crippen LogP contribution in [0.15, 0.2) is 54.7 Å². The molecule has 1 radical (unpaired) electrons. The number of ketones is 1. The number of nitrogens with one attached hydrogen (secondary N) is 1. The second kappa shape index (κ2) is 8.97. The van der Waals surface area contributed by atoms with E-state index in [-0.39, 0.29) is 5.78 Å². The van der Waals surface area contributed by atoms with Gasteiger partial charge in [0.25, 0.3) is 0 Å². The number of carbonyl (C=O) groups is 1. The number of hydrogen-bond acceptors (Lipinski definition) is 4. The number of thiazole rings is 1. The predicted octanol–water partition coefficient (Wildman–Crippen LogP) is 5.93. The van der Waals surface area contributed by atoms with Crippen molar-refractivity contribution in [2.45, 2.75) is 26.2 Å². The Bertz CT molecular complexity index is 891. The van der Waals surface area contributed by atoms with Gasteiger partial charge in [0.15, 0.2) is 5.13 Å². The number of hydrogen-bond donors (Lipinski definition) is 1. The van der Waals surface area contributed by atoms with Gasteiger partial charge in [0, 0.05) is 17.1 Å². The fraction of sp³-hybridized carbons (Fsp3) is 0.190. The largest absolute Gasteiger partial charge is 0.357 e. The highest BCUT2D eigenvalue weighted by Crippen LogP contribution is 2.23. The second-order valence-electron chi connectivity index (χ2n) is 6.01. The van der Waals surface area contributed by atoms with E-state index in [1.165, 1.54) is 16.9 Å². The summed E-state index contributed by atoms with van der Waals surface area (Å²) in [6, 6.07) is 15.5. The highest BCUT2D eigenvalue weighted by atomic mass is 35.5. The molecule has 3 rings (SSSR count). The average molecular weight is 384 g/mol. The Balaban J connectivity index is 1.48. The van der Waals surface area contributed by atoms with Crippen LogP contribution in [0.1, 0.15) is 39.2 Å². The molecule has 2 aromatic carbocycles. The Hall–Kier alpha value is -2.17. The molecule has 0 bridgehead atoms. The maximum Gasteiger partial charge on any atom is 0.204 e. The van der Waals surface area contributed by atoms with E-state index in [1.807, 2.05) is 55.9 Å². The lowest BCUT2D eigenvalue weighted by Crippen LogP contribution is -2.00. The summed E-state index contributed by atoms with van der Waals surface area (Å²) in [5.74, 6) is 0.0207. The lowest BCUT2D eigenvalue weighted by atomic mass is 10.0. The van der Waals surface area contributed by atoms with Crippen molar-refractivity contribution < 1.29 is 4.79 Å². The highest BCUT2D eigenvalue weighted by Gasteiger charge is 2.14. The molecule has 1 aromatic heterocycles. The molecule has 0 saturated carbocycles. The molecule has 0 aliphatic carbocycles. The maximum absolute atomic E-state index is 12.6. The topological polar surface area (TPSA) is 42.0 Å². The zero-order valence-electron chi connectivity index (χ0n) is 14.5. The molecule has 1 N–H and O–H groups in total. The number of rotatable bonds is 8. The third kappa shape index (κ3) is 4.71. The summed E-state index contributed by atoms with van der Waals surface area (Å²) in [5, 5.41) is 4.74. The summed E-state index contributed by atoms with van der Waals surface area (Å²) < 4.78 is 0. The molecule has 1 heterocycles. The zero-order chi connectivity index (χ0) is 18.4. The molecule has 0 spiro atoms. The molecule has 133 valence electrons. The van der Waals surface area contributed by atoms with Gasteiger partial charge in [0.2, 0.25) is 5.78 Å². The highest BCUT2D eigenvalue weighted by molar-refractivity contribution is 7.17. The van der Waals surface area contributed by atoms with Gasteiger partial charge in [-0.15, -0.1) is 0 Å². The molecular weight excluding hydrogens is 364 g/mol. The van der Waals surface area contributed by atoms with Crippen molar-refractivity contribution in [2.24, 2.45) is 0 Å². The summed E-state index contributed by atoms with van der Waals surface area (Å²) in [5.41, 5.74) is 2.88. The van der Waals surface area contributed by atoms with Crippen molar-refractivity contribution in [3.8, 4) is 0 Å². The van der Waals surface area contributed by atoms with Crippen molar-refractivity contribution in [1.82, 2.24) is 4.98 Å². The van der Waals surface area contributed by atoms with Gasteiger partial charge < -0.3 is 5.32 Å². The first-order chi connectivity index (χ1) is 12.6. The molecule has 3 nitrogen and oxygen atoms in total. The van der Waals surface area contributed by atoms with Crippen LogP contribution in [0.3, 0.4) is 0 Å². The van der Waals surface area contributed by atoms with Crippen LogP contribution < -0.4 is 5.32 Å². The number of carbonyl (C=O) groups excluding carboxylic acids is 1. The van der Waals surface area contributed by atoms with Crippen LogP contribution in [0.2, 0.25) is 5.02 Å². The second-order valence-corrected chi connectivity index (χ2v) is 7.44. The van der Waals surface area contributed by atoms with Crippen molar-refractivity contribution >= 4 is 33.9 Å². The number of unbranched alkanes of at least 4 members (excludes halogenated alkanes) is 1. The van der Waals surface area contributed by atoms with Gasteiger partial charge in [-0.25, -0.2) is 4.98 Å². The van der Waals surface area contributed by atoms with E-state index in [0.29, 0.717) is 4.88 Å². The minimum absolute atomic E-state index is 0.0207. The average Bonchev–Trinajstić information content (AvgIpc) is 3.12. The van der Waals surface area contributed by atoms with Crippen molar-refractivity contribution in [1.29, 1.82) is 0 Å². The number of aryl methyl sites for hydroxylation is 2. The maximum atomic E-state index is 12.6. The zero-order valence-corrected chi connectivity index (χ0v) is 16.1. The molecule has 3 aromatic rings. The molecule has 0 aliphatic rings. The molecule has 0 unspecified atom stereocenters. The van der Waals surface area contributed by atoms with E-state index in [1.54, 1.807) is 6.20 Å². The third-order valence-electron chi connectivity index (χ3n) is 4.10. The Morgan fingerprint density at radius 1 is 1.19 bits per heavy atom. The molecule has 0 aliphatic heterocycles. The number of halogens is 1. The number of aromatic nitrogens is 1. The summed E-state index contributed by atoms with van der Waals surface area (Å²) in [6.07, 6.45) is 4.47. The summed E-state index contributed by atoms with van der Waals surface area (Å²) in [6.45, 7) is 3.93. The van der Waals surface area contributed by atoms with Crippen LogP contribution in [-0.4, -0.2) is 10.8 Å². The van der Waals surface area contributed by atoms with Crippen molar-refractivity contribution in [3.63, 3.8) is 0 Å². The Labute approximate surface area is 163 Å². The first-order valence-corrected chi connectivity index (χ1v) is 9.72. The number of nitrogens with zero attached hydrogens (tertiary/aromatic N) is 1. The van der Waals surface area contributed by atoms with Crippen molar-refractivity contribution in [3.05, 3.63) is 87.9 Å². The monoisotopic (exact) mass is 383 g/mol. The van der Waals surface area contributed by atoms with Gasteiger partial charge in [-0.05, 0) is 43.4 Å². The Kier molecular flexibility index (Phi) is 6.42. The summed E-state index contributed by atoms with van der Waals surface area (Å²) in [7, 11) is 0. The third-order valence-corrected chi connectivity index (χ3v) is 5.39. The van der Waals surface area contributed by atoms with Crippen molar-refractivity contribution in [2.75, 3.05) is 5.32 Å². The lowest BCUT2D eigenvalue weighted by Gasteiger charge is -2.04. The van der Waals surface area contributed by atoms with Crippen LogP contribution in [0.25, 0.3) is 0 Å². The van der Waals surface area contributed by atoms with Crippen LogP contribution in [-0.2, 0) is 6.42 Å². The molecule has 0 amide bonds. The molecule has 0 saturated heterocycles. The van der Waals surface area contributed by atoms with Gasteiger partial charge >= 0.3 is 0 Å². The van der Waals surface area contributed by atoms with Gasteiger partial charge in [-0.1, -0.05) is 65.4 Å². The minimum Gasteiger partial charge on any atom is -0.357 e. The minimum atomic E-state index is 0.0207. The smallest absolute Gasteiger partial charge is 0.204 e. The van der Waals surface area contributed by atoms with E-state index in [2.05, 4.69) is 16.4 Å². The van der Waals surface area contributed by atoms with Gasteiger partial charge in [0.05, 0.1) is 11.1 Å². The molecule has 5 heteroatoms. The fourth-order valence-corrected chi connectivity index (χ4v) is 3.66. The fourth-order valence-electron chi connectivity index (χ4n) is 2.66.